The minimum absolute atomic E-state index is 0.131. The Morgan fingerprint density at radius 2 is 0.937 bits per heavy atom. The van der Waals surface area contributed by atoms with Crippen molar-refractivity contribution in [1.82, 2.24) is 9.97 Å². The molecule has 3 nitrogen and oxygen atoms in total. The number of hydrogen-bond acceptors (Lipinski definition) is 3. The second kappa shape index (κ2) is 14.1. The third-order valence-corrected chi connectivity index (χ3v) is 12.4. The first-order valence-electron chi connectivity index (χ1n) is 24.0. The second-order valence-electron chi connectivity index (χ2n) is 15.9. The van der Waals surface area contributed by atoms with Gasteiger partial charge < -0.3 is 4.42 Å². The number of aromatic nitrogens is 2. The van der Waals surface area contributed by atoms with Crippen molar-refractivity contribution in [3.63, 3.8) is 0 Å². The molecule has 0 unspecified atom stereocenters. The Morgan fingerprint density at radius 1 is 0.365 bits per heavy atom. The average molecular weight is 807 g/mol. The van der Waals surface area contributed by atoms with E-state index >= 15 is 0 Å². The molecule has 0 bridgehead atoms. The Labute approximate surface area is 372 Å². The van der Waals surface area contributed by atoms with E-state index in [1.165, 1.54) is 21.5 Å². The van der Waals surface area contributed by atoms with Gasteiger partial charge in [-0.2, -0.15) is 0 Å². The van der Waals surface area contributed by atoms with Gasteiger partial charge in [0.2, 0.25) is 0 Å². The largest absolute Gasteiger partial charge is 0.455 e. The molecule has 0 saturated carbocycles. The molecule has 0 amide bonds. The van der Waals surface area contributed by atoms with Crippen molar-refractivity contribution in [2.75, 3.05) is 0 Å². The number of furan rings is 1. The molecule has 3 heterocycles. The van der Waals surface area contributed by atoms with Gasteiger partial charge in [0.25, 0.3) is 0 Å². The van der Waals surface area contributed by atoms with Gasteiger partial charge >= 0.3 is 0 Å². The standard InChI is InChI=1S/C60H36N2O/c1-3-11-38(12-4-1)56-55(59(45-13-5-2-6-14-45)63-60(56)51-32-29-41-25-24-39-15-9-16-40-28-31-50(51)54(41)53(39)40)42-22-20-37(21-23-42)46-33-34-49(48-19-8-7-18-47(46)48)52-35-30-44-27-26-43-17-10-36-61-57(43)58(44)62-52/h1-36H/i7D,8D,18D,19D,33D,34D. The van der Waals surface area contributed by atoms with Crippen molar-refractivity contribution >= 4 is 64.9 Å². The molecular weight excluding hydrogens is 765 g/mol. The Morgan fingerprint density at radius 3 is 1.71 bits per heavy atom. The lowest BCUT2D eigenvalue weighted by molar-refractivity contribution is 0.599. The molecule has 13 aromatic rings. The van der Waals surface area contributed by atoms with E-state index in [1.807, 2.05) is 103 Å². The van der Waals surface area contributed by atoms with E-state index in [1.54, 1.807) is 12.3 Å². The Bertz CT molecular complexity index is 4230. The second-order valence-corrected chi connectivity index (χ2v) is 15.9. The van der Waals surface area contributed by atoms with Crippen LogP contribution in [0.1, 0.15) is 8.22 Å². The zero-order valence-electron chi connectivity index (χ0n) is 39.6. The molecule has 0 aliphatic carbocycles. The fourth-order valence-electron chi connectivity index (χ4n) is 9.52. The van der Waals surface area contributed by atoms with Crippen LogP contribution in [0, 0.1) is 0 Å². The summed E-state index contributed by atoms with van der Waals surface area (Å²) in [4.78, 5) is 9.60. The van der Waals surface area contributed by atoms with Gasteiger partial charge in [-0.1, -0.05) is 194 Å². The first-order valence-corrected chi connectivity index (χ1v) is 21.0. The first kappa shape index (κ1) is 29.8. The van der Waals surface area contributed by atoms with Gasteiger partial charge in [0.15, 0.2) is 0 Å². The van der Waals surface area contributed by atoms with Gasteiger partial charge in [0.1, 0.15) is 11.5 Å². The van der Waals surface area contributed by atoms with Crippen molar-refractivity contribution < 1.29 is 12.6 Å². The number of rotatable bonds is 6. The average Bonchev–Trinajstić information content (AvgIpc) is 3.80. The number of benzene rings is 10. The lowest BCUT2D eigenvalue weighted by Gasteiger charge is -2.14. The highest BCUT2D eigenvalue weighted by Crippen LogP contribution is 2.51. The fraction of sp³-hybridized carbons (Fsp3) is 0. The van der Waals surface area contributed by atoms with Crippen LogP contribution in [0.5, 0.6) is 0 Å². The topological polar surface area (TPSA) is 38.9 Å². The van der Waals surface area contributed by atoms with Crippen LogP contribution in [0.3, 0.4) is 0 Å². The molecule has 0 atom stereocenters. The molecule has 63 heavy (non-hydrogen) atoms. The minimum Gasteiger partial charge on any atom is -0.455 e. The maximum absolute atomic E-state index is 9.65. The Balaban J connectivity index is 1.04. The van der Waals surface area contributed by atoms with Crippen molar-refractivity contribution in [2.24, 2.45) is 0 Å². The lowest BCUT2D eigenvalue weighted by atomic mass is 9.87. The third-order valence-electron chi connectivity index (χ3n) is 12.4. The molecule has 0 aliphatic heterocycles. The van der Waals surface area contributed by atoms with Crippen molar-refractivity contribution in [1.29, 1.82) is 0 Å². The van der Waals surface area contributed by atoms with Crippen LogP contribution in [0.15, 0.2) is 223 Å². The van der Waals surface area contributed by atoms with Crippen LogP contribution in [0.25, 0.3) is 132 Å². The molecule has 3 heteroatoms. The number of hydrogen-bond donors (Lipinski definition) is 0. The summed E-state index contributed by atoms with van der Waals surface area (Å²) in [6.45, 7) is 0. The van der Waals surface area contributed by atoms with Gasteiger partial charge in [-0.05, 0) is 83.5 Å². The normalized spacial score (nSPS) is 13.1. The predicted octanol–water partition coefficient (Wildman–Crippen LogP) is 16.4. The summed E-state index contributed by atoms with van der Waals surface area (Å²) in [5.41, 5.74) is 7.97. The summed E-state index contributed by atoms with van der Waals surface area (Å²) in [6, 6.07) is 57.1. The summed E-state index contributed by atoms with van der Waals surface area (Å²) >= 11 is 0. The van der Waals surface area contributed by atoms with E-state index in [0.29, 0.717) is 28.1 Å². The Hall–Kier alpha value is -8.40. The van der Waals surface area contributed by atoms with Crippen molar-refractivity contribution in [2.45, 2.75) is 0 Å². The van der Waals surface area contributed by atoms with Crippen LogP contribution in [0.4, 0.5) is 0 Å². The molecule has 13 rings (SSSR count). The van der Waals surface area contributed by atoms with Gasteiger partial charge in [-0.15, -0.1) is 0 Å². The van der Waals surface area contributed by atoms with Gasteiger partial charge in [-0.3, -0.25) is 4.98 Å². The van der Waals surface area contributed by atoms with Crippen LogP contribution >= 0.6 is 0 Å². The maximum atomic E-state index is 9.65. The lowest BCUT2D eigenvalue weighted by Crippen LogP contribution is -1.91. The molecule has 0 spiro atoms. The monoisotopic (exact) mass is 806 g/mol. The summed E-state index contributed by atoms with van der Waals surface area (Å²) in [7, 11) is 0. The molecular formula is C60H36N2O. The molecule has 0 fully saturated rings. The molecule has 0 saturated heterocycles. The molecule has 292 valence electrons. The molecule has 3 aromatic heterocycles. The maximum Gasteiger partial charge on any atom is 0.143 e. The highest BCUT2D eigenvalue weighted by atomic mass is 16.3. The number of pyridine rings is 2. The highest BCUT2D eigenvalue weighted by Gasteiger charge is 2.27. The summed E-state index contributed by atoms with van der Waals surface area (Å²) < 4.78 is 62.7. The first-order chi connectivity index (χ1) is 33.7. The molecule has 0 aliphatic rings. The van der Waals surface area contributed by atoms with Crippen LogP contribution in [0.2, 0.25) is 0 Å². The van der Waals surface area contributed by atoms with Gasteiger partial charge in [-0.25, -0.2) is 4.98 Å². The molecule has 0 N–H and O–H groups in total. The summed E-state index contributed by atoms with van der Waals surface area (Å²) in [6.07, 6.45) is 1.70. The molecule has 0 radical (unpaired) electrons. The SMILES string of the molecule is [2H]c1c([2H])c([2H])c2c(-c3ccc4ccc5cccnc5c4n3)c([2H])c([2H])c(-c3ccc(-c4c(-c5ccccc5)oc(-c5ccc6ccc7cccc8ccc5c6c78)c4-c4ccccc4)cc3)c2c1[2H]. The summed E-state index contributed by atoms with van der Waals surface area (Å²) in [5, 5.41) is 9.00. The van der Waals surface area contributed by atoms with Crippen LogP contribution < -0.4 is 0 Å². The van der Waals surface area contributed by atoms with Crippen molar-refractivity contribution in [3.05, 3.63) is 218 Å². The van der Waals surface area contributed by atoms with Crippen molar-refractivity contribution in [3.8, 4) is 67.3 Å². The fourth-order valence-corrected chi connectivity index (χ4v) is 9.52. The minimum atomic E-state index is -0.428. The third kappa shape index (κ3) is 5.60. The zero-order valence-corrected chi connectivity index (χ0v) is 33.6. The van der Waals surface area contributed by atoms with E-state index in [-0.39, 0.29) is 46.1 Å². The smallest absolute Gasteiger partial charge is 0.143 e. The summed E-state index contributed by atoms with van der Waals surface area (Å²) in [5.74, 6) is 1.42. The van der Waals surface area contributed by atoms with E-state index < -0.39 is 12.1 Å². The zero-order chi connectivity index (χ0) is 46.7. The van der Waals surface area contributed by atoms with Crippen LogP contribution in [-0.2, 0) is 0 Å². The van der Waals surface area contributed by atoms with Crippen LogP contribution in [-0.4, -0.2) is 9.97 Å². The van der Waals surface area contributed by atoms with Gasteiger partial charge in [0.05, 0.1) is 25.0 Å². The number of fused-ring (bicyclic) bond motifs is 4. The highest BCUT2D eigenvalue weighted by molar-refractivity contribution is 6.26. The van der Waals surface area contributed by atoms with E-state index in [4.69, 9.17) is 12.1 Å². The van der Waals surface area contributed by atoms with Gasteiger partial charge in [0, 0.05) is 44.8 Å². The van der Waals surface area contributed by atoms with E-state index in [0.717, 1.165) is 60.7 Å². The Kier molecular flexibility index (Phi) is 6.66. The molecule has 10 aromatic carbocycles. The van der Waals surface area contributed by atoms with E-state index in [9.17, 15) is 5.48 Å². The quantitative estimate of drug-likeness (QED) is 0.157. The predicted molar refractivity (Wildman–Crippen MR) is 263 cm³/mol. The number of nitrogens with zero attached hydrogens (tertiary/aromatic N) is 2. The van der Waals surface area contributed by atoms with E-state index in [2.05, 4.69) is 71.7 Å².